The minimum Gasteiger partial charge on any atom is -0.463 e. The number of carbonyl (C=O) groups excluding carboxylic acids is 1. The molecule has 4 aromatic rings. The topological polar surface area (TPSA) is 77.9 Å². The lowest BCUT2D eigenvalue weighted by molar-refractivity contribution is -0.116. The molecular weight excluding hydrogens is 330 g/mol. The number of benzene rings is 1. The predicted octanol–water partition coefficient (Wildman–Crippen LogP) is 3.03. The maximum Gasteiger partial charge on any atom is 0.247 e. The molecule has 3 heterocycles. The van der Waals surface area contributed by atoms with Gasteiger partial charge in [0.05, 0.1) is 12.8 Å². The first kappa shape index (κ1) is 15.9. The Morgan fingerprint density at radius 3 is 2.62 bits per heavy atom. The molecule has 0 unspecified atom stereocenters. The number of amides is 1. The van der Waals surface area contributed by atoms with Crippen molar-refractivity contribution in [3.63, 3.8) is 0 Å². The van der Waals surface area contributed by atoms with Crippen molar-refractivity contribution in [3.05, 3.63) is 78.8 Å². The van der Waals surface area contributed by atoms with Gasteiger partial charge in [-0.3, -0.25) is 14.2 Å². The van der Waals surface area contributed by atoms with E-state index in [2.05, 4.69) is 15.5 Å². The summed E-state index contributed by atoms with van der Waals surface area (Å²) in [6, 6.07) is 17.2. The first-order chi connectivity index (χ1) is 12.8. The fraction of sp³-hybridized carbons (Fsp3) is 0.105. The highest BCUT2D eigenvalue weighted by molar-refractivity contribution is 5.89. The third-order valence-corrected chi connectivity index (χ3v) is 3.82. The van der Waals surface area contributed by atoms with Gasteiger partial charge in [0.15, 0.2) is 11.6 Å². The SMILES string of the molecule is O=C(Cn1ccc(-c2ccco2)n1)Nc1ccn(Cc2ccccc2)n1. The van der Waals surface area contributed by atoms with Crippen LogP contribution >= 0.6 is 0 Å². The monoisotopic (exact) mass is 347 g/mol. The molecule has 0 bridgehead atoms. The minimum atomic E-state index is -0.191. The van der Waals surface area contributed by atoms with Crippen LogP contribution in [0.4, 0.5) is 5.82 Å². The van der Waals surface area contributed by atoms with Crippen LogP contribution in [-0.4, -0.2) is 25.5 Å². The molecule has 1 aromatic carbocycles. The quantitative estimate of drug-likeness (QED) is 0.581. The van der Waals surface area contributed by atoms with Crippen molar-refractivity contribution in [2.45, 2.75) is 13.1 Å². The zero-order valence-corrected chi connectivity index (χ0v) is 13.9. The molecule has 130 valence electrons. The summed E-state index contributed by atoms with van der Waals surface area (Å²) in [5, 5.41) is 11.5. The van der Waals surface area contributed by atoms with E-state index in [1.165, 1.54) is 0 Å². The summed E-state index contributed by atoms with van der Waals surface area (Å²) >= 11 is 0. The third-order valence-electron chi connectivity index (χ3n) is 3.82. The van der Waals surface area contributed by atoms with Crippen LogP contribution in [0.2, 0.25) is 0 Å². The normalized spacial score (nSPS) is 10.8. The molecule has 0 spiro atoms. The summed E-state index contributed by atoms with van der Waals surface area (Å²) < 4.78 is 8.65. The van der Waals surface area contributed by atoms with Gasteiger partial charge in [-0.25, -0.2) is 0 Å². The van der Waals surface area contributed by atoms with E-state index in [0.29, 0.717) is 23.8 Å². The largest absolute Gasteiger partial charge is 0.463 e. The number of hydrogen-bond acceptors (Lipinski definition) is 4. The van der Waals surface area contributed by atoms with E-state index in [1.807, 2.05) is 42.6 Å². The van der Waals surface area contributed by atoms with Crippen LogP contribution in [0.15, 0.2) is 77.7 Å². The number of furan rings is 1. The molecule has 3 aromatic heterocycles. The lowest BCUT2D eigenvalue weighted by Gasteiger charge is -2.03. The average molecular weight is 347 g/mol. The van der Waals surface area contributed by atoms with Crippen LogP contribution in [-0.2, 0) is 17.9 Å². The number of nitrogens with zero attached hydrogens (tertiary/aromatic N) is 4. The van der Waals surface area contributed by atoms with Gasteiger partial charge >= 0.3 is 0 Å². The van der Waals surface area contributed by atoms with Crippen molar-refractivity contribution in [3.8, 4) is 11.5 Å². The van der Waals surface area contributed by atoms with Gasteiger partial charge < -0.3 is 9.73 Å². The maximum atomic E-state index is 12.2. The lowest BCUT2D eigenvalue weighted by Crippen LogP contribution is -2.19. The number of nitrogens with one attached hydrogen (secondary N) is 1. The highest BCUT2D eigenvalue weighted by atomic mass is 16.3. The Balaban J connectivity index is 1.35. The van der Waals surface area contributed by atoms with Crippen LogP contribution < -0.4 is 5.32 Å². The Morgan fingerprint density at radius 2 is 1.81 bits per heavy atom. The van der Waals surface area contributed by atoms with Gasteiger partial charge in [-0.1, -0.05) is 30.3 Å². The Kier molecular flexibility index (Phi) is 4.34. The van der Waals surface area contributed by atoms with Gasteiger partial charge in [0, 0.05) is 18.5 Å². The summed E-state index contributed by atoms with van der Waals surface area (Å²) in [6.07, 6.45) is 5.17. The first-order valence-corrected chi connectivity index (χ1v) is 8.21. The van der Waals surface area contributed by atoms with E-state index in [9.17, 15) is 4.79 Å². The second-order valence-corrected chi connectivity index (χ2v) is 5.81. The third kappa shape index (κ3) is 3.72. The maximum absolute atomic E-state index is 12.2. The fourth-order valence-electron chi connectivity index (χ4n) is 2.62. The Morgan fingerprint density at radius 1 is 0.962 bits per heavy atom. The lowest BCUT2D eigenvalue weighted by atomic mass is 10.2. The van der Waals surface area contributed by atoms with Gasteiger partial charge in [0.1, 0.15) is 12.2 Å². The van der Waals surface area contributed by atoms with Gasteiger partial charge in [0.2, 0.25) is 5.91 Å². The molecule has 26 heavy (non-hydrogen) atoms. The van der Waals surface area contributed by atoms with Gasteiger partial charge in [-0.15, -0.1) is 0 Å². The average Bonchev–Trinajstić information content (AvgIpc) is 3.37. The first-order valence-electron chi connectivity index (χ1n) is 8.21. The molecule has 0 atom stereocenters. The smallest absolute Gasteiger partial charge is 0.247 e. The van der Waals surface area contributed by atoms with Crippen LogP contribution in [0.25, 0.3) is 11.5 Å². The molecule has 4 rings (SSSR count). The molecule has 7 nitrogen and oxygen atoms in total. The highest BCUT2D eigenvalue weighted by Crippen LogP contribution is 2.16. The van der Waals surface area contributed by atoms with Gasteiger partial charge in [0.25, 0.3) is 0 Å². The molecule has 7 heteroatoms. The Bertz CT molecular complexity index is 986. The van der Waals surface area contributed by atoms with E-state index < -0.39 is 0 Å². The Hall–Kier alpha value is -3.61. The molecule has 0 aliphatic rings. The summed E-state index contributed by atoms with van der Waals surface area (Å²) in [7, 11) is 0. The Labute approximate surface area is 149 Å². The summed E-state index contributed by atoms with van der Waals surface area (Å²) in [4.78, 5) is 12.2. The standard InChI is InChI=1S/C19H17N5O2/c25-19(14-24-10-8-16(21-24)17-7-4-12-26-17)20-18-9-11-23(22-18)13-15-5-2-1-3-6-15/h1-12H,13-14H2,(H,20,22,25). The molecule has 1 N–H and O–H groups in total. The number of rotatable bonds is 6. The molecule has 0 radical (unpaired) electrons. The second-order valence-electron chi connectivity index (χ2n) is 5.81. The van der Waals surface area contributed by atoms with Gasteiger partial charge in [-0.05, 0) is 23.8 Å². The summed E-state index contributed by atoms with van der Waals surface area (Å²) in [6.45, 7) is 0.759. The minimum absolute atomic E-state index is 0.103. The van der Waals surface area contributed by atoms with Crippen molar-refractivity contribution < 1.29 is 9.21 Å². The van der Waals surface area contributed by atoms with Crippen LogP contribution in [0, 0.1) is 0 Å². The zero-order chi connectivity index (χ0) is 17.8. The highest BCUT2D eigenvalue weighted by Gasteiger charge is 2.09. The number of anilines is 1. The summed E-state index contributed by atoms with van der Waals surface area (Å²) in [5.74, 6) is 0.997. The van der Waals surface area contributed by atoms with E-state index in [-0.39, 0.29) is 12.5 Å². The van der Waals surface area contributed by atoms with Crippen molar-refractivity contribution in [1.82, 2.24) is 19.6 Å². The molecule has 0 aliphatic carbocycles. The predicted molar refractivity (Wildman–Crippen MR) is 96.3 cm³/mol. The van der Waals surface area contributed by atoms with E-state index in [4.69, 9.17) is 4.42 Å². The van der Waals surface area contributed by atoms with E-state index in [0.717, 1.165) is 5.56 Å². The molecule has 0 fully saturated rings. The molecular formula is C19H17N5O2. The van der Waals surface area contributed by atoms with Crippen molar-refractivity contribution in [1.29, 1.82) is 0 Å². The van der Waals surface area contributed by atoms with E-state index in [1.54, 1.807) is 40.0 Å². The van der Waals surface area contributed by atoms with Crippen molar-refractivity contribution in [2.24, 2.45) is 0 Å². The molecule has 0 saturated heterocycles. The van der Waals surface area contributed by atoms with Crippen LogP contribution in [0.3, 0.4) is 0 Å². The molecule has 0 aliphatic heterocycles. The number of hydrogen-bond donors (Lipinski definition) is 1. The van der Waals surface area contributed by atoms with Crippen molar-refractivity contribution in [2.75, 3.05) is 5.32 Å². The zero-order valence-electron chi connectivity index (χ0n) is 13.9. The molecule has 0 saturated carbocycles. The van der Waals surface area contributed by atoms with Crippen LogP contribution in [0.5, 0.6) is 0 Å². The van der Waals surface area contributed by atoms with E-state index >= 15 is 0 Å². The van der Waals surface area contributed by atoms with Gasteiger partial charge in [-0.2, -0.15) is 10.2 Å². The van der Waals surface area contributed by atoms with Crippen molar-refractivity contribution >= 4 is 11.7 Å². The number of carbonyl (C=O) groups is 1. The molecule has 1 amide bonds. The second kappa shape index (κ2) is 7.10. The van der Waals surface area contributed by atoms with Crippen LogP contribution in [0.1, 0.15) is 5.56 Å². The fourth-order valence-corrected chi connectivity index (χ4v) is 2.62. The number of aromatic nitrogens is 4. The summed E-state index contributed by atoms with van der Waals surface area (Å²) in [5.41, 5.74) is 1.84.